The van der Waals surface area contributed by atoms with Crippen LogP contribution in [0.1, 0.15) is 31.2 Å². The fraction of sp³-hybridized carbons (Fsp3) is 0.462. The van der Waals surface area contributed by atoms with Crippen molar-refractivity contribution in [1.29, 1.82) is 0 Å². The smallest absolute Gasteiger partial charge is 0.309 e. The number of ether oxygens (including phenoxy) is 1. The molecule has 0 heterocycles. The average Bonchev–Trinajstić information content (AvgIpc) is 2.81. The van der Waals surface area contributed by atoms with E-state index in [1.54, 1.807) is 12.1 Å². The molecule has 1 saturated carbocycles. The van der Waals surface area contributed by atoms with E-state index in [0.29, 0.717) is 0 Å². The van der Waals surface area contributed by atoms with Crippen LogP contribution in [0.5, 0.6) is 0 Å². The molecule has 0 aromatic heterocycles. The van der Waals surface area contributed by atoms with Gasteiger partial charge in [0.05, 0.1) is 5.92 Å². The van der Waals surface area contributed by atoms with Gasteiger partial charge in [-0.1, -0.05) is 25.0 Å². The Morgan fingerprint density at radius 1 is 1.25 bits per heavy atom. The van der Waals surface area contributed by atoms with Gasteiger partial charge in [-0.3, -0.25) is 4.79 Å². The van der Waals surface area contributed by atoms with E-state index in [4.69, 9.17) is 4.74 Å². The van der Waals surface area contributed by atoms with Crippen LogP contribution in [-0.4, -0.2) is 5.97 Å². The SMILES string of the molecule is O=C(OCc1ccc(F)cc1)C1CCCC1. The summed E-state index contributed by atoms with van der Waals surface area (Å²) in [5, 5.41) is 0. The summed E-state index contributed by atoms with van der Waals surface area (Å²) in [6.07, 6.45) is 4.14. The molecule has 2 rings (SSSR count). The van der Waals surface area contributed by atoms with Gasteiger partial charge in [0.15, 0.2) is 0 Å². The highest BCUT2D eigenvalue weighted by Crippen LogP contribution is 2.26. The first kappa shape index (κ1) is 11.1. The number of rotatable bonds is 3. The fourth-order valence-corrected chi connectivity index (χ4v) is 2.01. The van der Waals surface area contributed by atoms with Crippen molar-refractivity contribution in [2.24, 2.45) is 5.92 Å². The van der Waals surface area contributed by atoms with Crippen LogP contribution in [0.15, 0.2) is 24.3 Å². The molecule has 0 radical (unpaired) electrons. The van der Waals surface area contributed by atoms with Crippen molar-refractivity contribution in [2.45, 2.75) is 32.3 Å². The molecule has 2 nitrogen and oxygen atoms in total. The van der Waals surface area contributed by atoms with Crippen LogP contribution in [0, 0.1) is 11.7 Å². The third-order valence-electron chi connectivity index (χ3n) is 2.98. The lowest BCUT2D eigenvalue weighted by Crippen LogP contribution is -2.14. The Kier molecular flexibility index (Phi) is 3.54. The van der Waals surface area contributed by atoms with Gasteiger partial charge >= 0.3 is 5.97 Å². The summed E-state index contributed by atoms with van der Waals surface area (Å²) in [4.78, 5) is 11.6. The molecule has 16 heavy (non-hydrogen) atoms. The highest BCUT2D eigenvalue weighted by molar-refractivity contribution is 5.72. The van der Waals surface area contributed by atoms with Gasteiger partial charge in [-0.15, -0.1) is 0 Å². The number of esters is 1. The molecule has 1 aromatic rings. The van der Waals surface area contributed by atoms with Crippen molar-refractivity contribution in [3.63, 3.8) is 0 Å². The van der Waals surface area contributed by atoms with Gasteiger partial charge in [0.25, 0.3) is 0 Å². The van der Waals surface area contributed by atoms with Crippen molar-refractivity contribution >= 4 is 5.97 Å². The molecule has 0 atom stereocenters. The van der Waals surface area contributed by atoms with Gasteiger partial charge in [-0.25, -0.2) is 4.39 Å². The summed E-state index contributed by atoms with van der Waals surface area (Å²) in [5.41, 5.74) is 0.827. The Morgan fingerprint density at radius 2 is 1.88 bits per heavy atom. The van der Waals surface area contributed by atoms with Crippen LogP contribution in [-0.2, 0) is 16.1 Å². The molecule has 1 aromatic carbocycles. The molecule has 0 spiro atoms. The van der Waals surface area contributed by atoms with E-state index in [1.807, 2.05) is 0 Å². The van der Waals surface area contributed by atoms with Crippen molar-refractivity contribution in [1.82, 2.24) is 0 Å². The van der Waals surface area contributed by atoms with E-state index < -0.39 is 0 Å². The quantitative estimate of drug-likeness (QED) is 0.735. The van der Waals surface area contributed by atoms with Crippen molar-refractivity contribution < 1.29 is 13.9 Å². The van der Waals surface area contributed by atoms with Crippen LogP contribution in [0.25, 0.3) is 0 Å². The molecule has 0 unspecified atom stereocenters. The monoisotopic (exact) mass is 222 g/mol. The molecule has 1 fully saturated rings. The van der Waals surface area contributed by atoms with E-state index in [0.717, 1.165) is 31.2 Å². The molecular weight excluding hydrogens is 207 g/mol. The van der Waals surface area contributed by atoms with Crippen LogP contribution < -0.4 is 0 Å². The van der Waals surface area contributed by atoms with Gasteiger partial charge < -0.3 is 4.74 Å². The standard InChI is InChI=1S/C13H15FO2/c14-12-7-5-10(6-8-12)9-16-13(15)11-3-1-2-4-11/h5-8,11H,1-4,9H2. The van der Waals surface area contributed by atoms with Crippen LogP contribution in [0.4, 0.5) is 4.39 Å². The molecule has 0 N–H and O–H groups in total. The highest BCUT2D eigenvalue weighted by Gasteiger charge is 2.23. The Balaban J connectivity index is 1.82. The molecule has 3 heteroatoms. The zero-order valence-electron chi connectivity index (χ0n) is 9.12. The number of hydrogen-bond acceptors (Lipinski definition) is 2. The van der Waals surface area contributed by atoms with E-state index in [-0.39, 0.29) is 24.3 Å². The second-order valence-electron chi connectivity index (χ2n) is 4.22. The summed E-state index contributed by atoms with van der Waals surface area (Å²) in [5.74, 6) is -0.298. The van der Waals surface area contributed by atoms with Crippen LogP contribution >= 0.6 is 0 Å². The summed E-state index contributed by atoms with van der Waals surface area (Å²) in [6, 6.07) is 6.02. The van der Waals surface area contributed by atoms with Crippen LogP contribution in [0.2, 0.25) is 0 Å². The van der Waals surface area contributed by atoms with Crippen LogP contribution in [0.3, 0.4) is 0 Å². The lowest BCUT2D eigenvalue weighted by Gasteiger charge is -2.09. The molecule has 86 valence electrons. The van der Waals surface area contributed by atoms with E-state index >= 15 is 0 Å². The van der Waals surface area contributed by atoms with Gasteiger partial charge in [0.1, 0.15) is 12.4 Å². The fourth-order valence-electron chi connectivity index (χ4n) is 2.01. The Hall–Kier alpha value is -1.38. The van der Waals surface area contributed by atoms with E-state index in [2.05, 4.69) is 0 Å². The molecule has 0 bridgehead atoms. The predicted octanol–water partition coefficient (Wildman–Crippen LogP) is 3.06. The minimum atomic E-state index is -0.272. The second-order valence-corrected chi connectivity index (χ2v) is 4.22. The first-order valence-corrected chi connectivity index (χ1v) is 5.67. The highest BCUT2D eigenvalue weighted by atomic mass is 19.1. The van der Waals surface area contributed by atoms with Gasteiger partial charge in [-0.2, -0.15) is 0 Å². The zero-order valence-corrected chi connectivity index (χ0v) is 9.12. The molecule has 0 saturated heterocycles. The van der Waals surface area contributed by atoms with Gasteiger partial charge in [-0.05, 0) is 30.5 Å². The Bertz CT molecular complexity index is 353. The predicted molar refractivity (Wildman–Crippen MR) is 58.2 cm³/mol. The second kappa shape index (κ2) is 5.10. The number of hydrogen-bond donors (Lipinski definition) is 0. The van der Waals surface area contributed by atoms with Crippen molar-refractivity contribution in [3.8, 4) is 0 Å². The normalized spacial score (nSPS) is 16.3. The van der Waals surface area contributed by atoms with E-state index in [1.165, 1.54) is 12.1 Å². The number of carbonyl (C=O) groups is 1. The maximum absolute atomic E-state index is 12.6. The molecular formula is C13H15FO2. The number of halogens is 1. The summed E-state index contributed by atoms with van der Waals surface area (Å²) in [7, 11) is 0. The molecule has 1 aliphatic rings. The van der Waals surface area contributed by atoms with Crippen molar-refractivity contribution in [3.05, 3.63) is 35.6 Å². The third kappa shape index (κ3) is 2.81. The van der Waals surface area contributed by atoms with Gasteiger partial charge in [0, 0.05) is 0 Å². The Morgan fingerprint density at radius 3 is 2.50 bits per heavy atom. The summed E-state index contributed by atoms with van der Waals surface area (Å²) in [6.45, 7) is 0.246. The number of benzene rings is 1. The lowest BCUT2D eigenvalue weighted by atomic mass is 10.1. The molecule has 1 aliphatic carbocycles. The third-order valence-corrected chi connectivity index (χ3v) is 2.98. The Labute approximate surface area is 94.4 Å². The molecule has 0 amide bonds. The zero-order chi connectivity index (χ0) is 11.4. The largest absolute Gasteiger partial charge is 0.461 e. The first-order valence-electron chi connectivity index (χ1n) is 5.67. The minimum Gasteiger partial charge on any atom is -0.461 e. The topological polar surface area (TPSA) is 26.3 Å². The van der Waals surface area contributed by atoms with Gasteiger partial charge in [0.2, 0.25) is 0 Å². The molecule has 0 aliphatic heterocycles. The van der Waals surface area contributed by atoms with E-state index in [9.17, 15) is 9.18 Å². The average molecular weight is 222 g/mol. The first-order chi connectivity index (χ1) is 7.75. The maximum Gasteiger partial charge on any atom is 0.309 e. The lowest BCUT2D eigenvalue weighted by molar-refractivity contribution is -0.149. The maximum atomic E-state index is 12.6. The minimum absolute atomic E-state index is 0.0837. The summed E-state index contributed by atoms with van der Waals surface area (Å²) < 4.78 is 17.8. The van der Waals surface area contributed by atoms with Crippen molar-refractivity contribution in [2.75, 3.05) is 0 Å². The summed E-state index contributed by atoms with van der Waals surface area (Å²) >= 11 is 0. The number of carbonyl (C=O) groups excluding carboxylic acids is 1.